The first-order valence-corrected chi connectivity index (χ1v) is 13.3. The van der Waals surface area contributed by atoms with Crippen LogP contribution in [0.5, 0.6) is 0 Å². The van der Waals surface area contributed by atoms with Gasteiger partial charge in [0.25, 0.3) is 0 Å². The molecule has 2 aromatic heterocycles. The Morgan fingerprint density at radius 2 is 2.08 bits per heavy atom. The smallest absolute Gasteiger partial charge is 0.227 e. The summed E-state index contributed by atoms with van der Waals surface area (Å²) < 4.78 is 9.22. The van der Waals surface area contributed by atoms with Crippen molar-refractivity contribution in [2.75, 3.05) is 19.7 Å². The van der Waals surface area contributed by atoms with Gasteiger partial charge in [0.15, 0.2) is 6.29 Å². The van der Waals surface area contributed by atoms with Crippen LogP contribution in [0, 0.1) is 5.41 Å². The third-order valence-electron chi connectivity index (χ3n) is 7.51. The van der Waals surface area contributed by atoms with Gasteiger partial charge in [-0.2, -0.15) is 5.10 Å². The fraction of sp³-hybridized carbons (Fsp3) is 0.571. The first-order chi connectivity index (χ1) is 17.7. The highest BCUT2D eigenvalue weighted by Crippen LogP contribution is 2.55. The van der Waals surface area contributed by atoms with E-state index >= 15 is 0 Å². The minimum atomic E-state index is -1.03. The van der Waals surface area contributed by atoms with Gasteiger partial charge in [-0.1, -0.05) is 38.1 Å². The lowest BCUT2D eigenvalue weighted by atomic mass is 9.87. The highest BCUT2D eigenvalue weighted by Gasteiger charge is 2.46. The number of rotatable bonds is 7. The standard InChI is InChI=1S/C28H38N6O3/c1-6-37-26(35)23-15-29-34(25(23)22-14-21(22)24-17-32(5)31-30-24)20-11-7-9-18(13-20)19-10-8-12-33(16-19)27(36)28(2,3)4/h7,9,11,13,15,17,19,21-22,26,35H,6,8,10,12,14,16H2,1-5H3/t19?,21-,22-,26?/m1/s1. The SMILES string of the molecule is CCOC(O)c1cnn(-c2cccc(C3CCCN(C(=O)C(C)(C)C)C3)c2)c1[C@@H]1C[C@H]1c1cn(C)nn1. The molecular formula is C28H38N6O3. The summed E-state index contributed by atoms with van der Waals surface area (Å²) in [6.45, 7) is 9.79. The average Bonchev–Trinajstić information content (AvgIpc) is 3.33. The molecule has 5 rings (SSSR count). The molecule has 0 bridgehead atoms. The number of likely N-dealkylation sites (tertiary alicyclic amines) is 1. The molecule has 1 N–H and O–H groups in total. The molecule has 4 atom stereocenters. The molecule has 1 amide bonds. The Balaban J connectivity index is 1.45. The molecule has 1 aliphatic heterocycles. The molecule has 3 aromatic rings. The number of carbonyl (C=O) groups is 1. The topological polar surface area (TPSA) is 98.3 Å². The van der Waals surface area contributed by atoms with Gasteiger partial charge in [0.1, 0.15) is 0 Å². The number of aryl methyl sites for hydroxylation is 1. The van der Waals surface area contributed by atoms with Gasteiger partial charge < -0.3 is 14.7 Å². The molecule has 198 valence electrons. The third kappa shape index (κ3) is 5.20. The Morgan fingerprint density at radius 3 is 2.78 bits per heavy atom. The Hall–Kier alpha value is -3.04. The summed E-state index contributed by atoms with van der Waals surface area (Å²) in [5.74, 6) is 0.889. The zero-order valence-corrected chi connectivity index (χ0v) is 22.5. The lowest BCUT2D eigenvalue weighted by Crippen LogP contribution is -2.44. The van der Waals surface area contributed by atoms with Crippen LogP contribution in [0.4, 0.5) is 0 Å². The van der Waals surface area contributed by atoms with Crippen LogP contribution in [0.2, 0.25) is 0 Å². The van der Waals surface area contributed by atoms with Crippen molar-refractivity contribution < 1.29 is 14.6 Å². The molecule has 1 aliphatic carbocycles. The van der Waals surface area contributed by atoms with Crippen molar-refractivity contribution in [3.05, 3.63) is 59.2 Å². The van der Waals surface area contributed by atoms with Gasteiger partial charge in [0.2, 0.25) is 5.91 Å². The zero-order valence-electron chi connectivity index (χ0n) is 22.5. The summed E-state index contributed by atoms with van der Waals surface area (Å²) >= 11 is 0. The van der Waals surface area contributed by atoms with Gasteiger partial charge in [0.05, 0.1) is 23.3 Å². The number of carbonyl (C=O) groups excluding carboxylic acids is 1. The quantitative estimate of drug-likeness (QED) is 0.486. The van der Waals surface area contributed by atoms with Gasteiger partial charge in [-0.05, 0) is 43.9 Å². The molecule has 0 radical (unpaired) electrons. The van der Waals surface area contributed by atoms with E-state index in [4.69, 9.17) is 9.84 Å². The van der Waals surface area contributed by atoms with E-state index in [0.717, 1.165) is 49.4 Å². The largest absolute Gasteiger partial charge is 0.364 e. The second-order valence-corrected chi connectivity index (χ2v) is 11.4. The van der Waals surface area contributed by atoms with Crippen LogP contribution in [0.25, 0.3) is 5.69 Å². The number of nitrogens with zero attached hydrogens (tertiary/aromatic N) is 6. The van der Waals surface area contributed by atoms with Crippen LogP contribution in [-0.4, -0.2) is 60.4 Å². The minimum absolute atomic E-state index is 0.169. The van der Waals surface area contributed by atoms with Crippen molar-refractivity contribution >= 4 is 5.91 Å². The summed E-state index contributed by atoms with van der Waals surface area (Å²) in [6, 6.07) is 8.45. The predicted octanol–water partition coefficient (Wildman–Crippen LogP) is 4.05. The summed E-state index contributed by atoms with van der Waals surface area (Å²) in [4.78, 5) is 15.0. The predicted molar refractivity (Wildman–Crippen MR) is 139 cm³/mol. The number of aliphatic hydroxyl groups is 1. The first kappa shape index (κ1) is 25.6. The Morgan fingerprint density at radius 1 is 1.27 bits per heavy atom. The highest BCUT2D eigenvalue weighted by molar-refractivity contribution is 5.81. The van der Waals surface area contributed by atoms with Crippen LogP contribution in [0.3, 0.4) is 0 Å². The van der Waals surface area contributed by atoms with Crippen LogP contribution in [-0.2, 0) is 16.6 Å². The van der Waals surface area contributed by atoms with E-state index in [0.29, 0.717) is 12.2 Å². The maximum atomic E-state index is 12.9. The van der Waals surface area contributed by atoms with Gasteiger partial charge >= 0.3 is 0 Å². The number of piperidine rings is 1. The lowest BCUT2D eigenvalue weighted by molar-refractivity contribution is -0.140. The molecule has 1 aromatic carbocycles. The van der Waals surface area contributed by atoms with Crippen LogP contribution < -0.4 is 0 Å². The molecule has 2 unspecified atom stereocenters. The number of benzene rings is 1. The Labute approximate surface area is 218 Å². The number of ether oxygens (including phenoxy) is 1. The van der Waals surface area contributed by atoms with Gasteiger partial charge in [-0.15, -0.1) is 5.10 Å². The third-order valence-corrected chi connectivity index (χ3v) is 7.51. The molecule has 2 aliphatic rings. The van der Waals surface area contributed by atoms with E-state index in [2.05, 4.69) is 34.6 Å². The second kappa shape index (κ2) is 10.0. The minimum Gasteiger partial charge on any atom is -0.364 e. The van der Waals surface area contributed by atoms with Gasteiger partial charge in [0, 0.05) is 61.7 Å². The number of aromatic nitrogens is 5. The molecule has 9 heteroatoms. The summed E-state index contributed by atoms with van der Waals surface area (Å²) in [5.41, 5.74) is 4.39. The van der Waals surface area contributed by atoms with Crippen molar-refractivity contribution in [3.8, 4) is 5.69 Å². The van der Waals surface area contributed by atoms with Gasteiger partial charge in [-0.25, -0.2) is 4.68 Å². The van der Waals surface area contributed by atoms with E-state index in [1.165, 1.54) is 5.56 Å². The van der Waals surface area contributed by atoms with E-state index in [1.807, 2.05) is 50.5 Å². The number of hydrogen-bond donors (Lipinski definition) is 1. The monoisotopic (exact) mass is 506 g/mol. The maximum Gasteiger partial charge on any atom is 0.227 e. The molecule has 1 saturated heterocycles. The molecule has 0 spiro atoms. The fourth-order valence-electron chi connectivity index (χ4n) is 5.56. The zero-order chi connectivity index (χ0) is 26.3. The summed E-state index contributed by atoms with van der Waals surface area (Å²) in [5, 5.41) is 23.9. The van der Waals surface area contributed by atoms with Crippen molar-refractivity contribution in [3.63, 3.8) is 0 Å². The molecule has 9 nitrogen and oxygen atoms in total. The molecule has 37 heavy (non-hydrogen) atoms. The molecular weight excluding hydrogens is 468 g/mol. The number of hydrogen-bond acceptors (Lipinski definition) is 6. The normalized spacial score (nSPS) is 22.8. The number of aliphatic hydroxyl groups excluding tert-OH is 1. The second-order valence-electron chi connectivity index (χ2n) is 11.4. The lowest BCUT2D eigenvalue weighted by Gasteiger charge is -2.36. The van der Waals surface area contributed by atoms with E-state index in [9.17, 15) is 9.90 Å². The van der Waals surface area contributed by atoms with E-state index in [1.54, 1.807) is 10.9 Å². The maximum absolute atomic E-state index is 12.9. The highest BCUT2D eigenvalue weighted by atomic mass is 16.6. The van der Waals surface area contributed by atoms with Gasteiger partial charge in [-0.3, -0.25) is 9.48 Å². The molecule has 1 saturated carbocycles. The van der Waals surface area contributed by atoms with Crippen molar-refractivity contribution in [1.29, 1.82) is 0 Å². The summed E-state index contributed by atoms with van der Waals surface area (Å²) in [7, 11) is 1.87. The molecule has 3 heterocycles. The Kier molecular flexibility index (Phi) is 6.93. The summed E-state index contributed by atoms with van der Waals surface area (Å²) in [6.07, 6.45) is 5.61. The fourth-order valence-corrected chi connectivity index (χ4v) is 5.56. The number of amides is 1. The van der Waals surface area contributed by atoms with Crippen LogP contribution >= 0.6 is 0 Å². The molecule has 2 fully saturated rings. The van der Waals surface area contributed by atoms with E-state index in [-0.39, 0.29) is 29.1 Å². The Bertz CT molecular complexity index is 1260. The average molecular weight is 507 g/mol. The van der Waals surface area contributed by atoms with Crippen LogP contribution in [0.15, 0.2) is 36.7 Å². The van der Waals surface area contributed by atoms with Crippen molar-refractivity contribution in [1.82, 2.24) is 29.7 Å². The van der Waals surface area contributed by atoms with Crippen molar-refractivity contribution in [2.24, 2.45) is 12.5 Å². The van der Waals surface area contributed by atoms with Crippen molar-refractivity contribution in [2.45, 2.75) is 71.0 Å². The van der Waals surface area contributed by atoms with Crippen LogP contribution in [0.1, 0.15) is 93.5 Å². The van der Waals surface area contributed by atoms with E-state index < -0.39 is 6.29 Å². The first-order valence-electron chi connectivity index (χ1n) is 13.3.